The zero-order chi connectivity index (χ0) is 16.6. The summed E-state index contributed by atoms with van der Waals surface area (Å²) in [5, 5.41) is 12.2. The third-order valence-electron chi connectivity index (χ3n) is 4.21. The van der Waals surface area contributed by atoms with Gasteiger partial charge in [0.1, 0.15) is 5.69 Å². The highest BCUT2D eigenvalue weighted by atomic mass is 16.6. The molecule has 0 radical (unpaired) electrons. The van der Waals surface area contributed by atoms with Crippen LogP contribution < -0.4 is 10.5 Å². The number of hydrogen-bond acceptors (Lipinski definition) is 5. The Kier molecular flexibility index (Phi) is 3.73. The predicted molar refractivity (Wildman–Crippen MR) is 85.7 cm³/mol. The number of carbonyl (C=O) groups is 1. The molecule has 1 aromatic heterocycles. The Hall–Kier alpha value is -2.90. The number of pyridine rings is 1. The highest BCUT2D eigenvalue weighted by Crippen LogP contribution is 2.33. The summed E-state index contributed by atoms with van der Waals surface area (Å²) in [7, 11) is 1.53. The average Bonchev–Trinajstić information content (AvgIpc) is 2.57. The van der Waals surface area contributed by atoms with Crippen molar-refractivity contribution in [2.24, 2.45) is 7.05 Å². The lowest BCUT2D eigenvalue weighted by Crippen LogP contribution is -2.46. The smallest absolute Gasteiger partial charge is 0.357 e. The molecule has 0 spiro atoms. The second kappa shape index (κ2) is 5.71. The molecule has 1 aliphatic heterocycles. The number of piperazine rings is 1. The Morgan fingerprint density at radius 1 is 1.17 bits per heavy atom. The number of amides is 1. The van der Waals surface area contributed by atoms with Gasteiger partial charge in [0.25, 0.3) is 0 Å². The average molecular weight is 316 g/mol. The molecule has 0 bridgehead atoms. The van der Waals surface area contributed by atoms with Crippen LogP contribution in [0.1, 0.15) is 0 Å². The number of carbonyl (C=O) groups excluding carboxylic acids is 1. The lowest BCUT2D eigenvalue weighted by molar-refractivity contribution is -0.385. The minimum absolute atomic E-state index is 0.347. The Labute approximate surface area is 131 Å². The Morgan fingerprint density at radius 3 is 2.43 bits per heavy atom. The molecule has 8 heteroatoms. The second-order valence-electron chi connectivity index (χ2n) is 5.46. The third kappa shape index (κ3) is 2.41. The zero-order valence-corrected chi connectivity index (χ0v) is 12.6. The molecular formula is C15H16N4O4. The van der Waals surface area contributed by atoms with Crippen LogP contribution >= 0.6 is 0 Å². The predicted octanol–water partition coefficient (Wildman–Crippen LogP) is 0.725. The van der Waals surface area contributed by atoms with Crippen molar-refractivity contribution in [1.82, 2.24) is 9.47 Å². The number of rotatable bonds is 3. The van der Waals surface area contributed by atoms with Crippen molar-refractivity contribution in [3.8, 4) is 0 Å². The molecule has 2 heterocycles. The summed E-state index contributed by atoms with van der Waals surface area (Å²) in [6.45, 7) is 1.86. The van der Waals surface area contributed by atoms with Crippen molar-refractivity contribution < 1.29 is 9.72 Å². The minimum Gasteiger partial charge on any atom is -0.362 e. The molecule has 0 aliphatic carbocycles. The van der Waals surface area contributed by atoms with Crippen molar-refractivity contribution in [3.05, 3.63) is 44.7 Å². The summed E-state index contributed by atoms with van der Waals surface area (Å²) < 4.78 is 1.30. The van der Waals surface area contributed by atoms with Gasteiger partial charge in [0.2, 0.25) is 6.41 Å². The fraction of sp³-hybridized carbons (Fsp3) is 0.333. The SMILES string of the molecule is Cn1c(=O)c([N+](=O)[O-])c(N2CCN(C=O)CC2)c2ccccc21. The first-order valence-electron chi connectivity index (χ1n) is 7.25. The molecule has 1 fully saturated rings. The van der Waals surface area contributed by atoms with Crippen LogP contribution in [-0.4, -0.2) is 47.0 Å². The van der Waals surface area contributed by atoms with Crippen LogP contribution in [-0.2, 0) is 11.8 Å². The quantitative estimate of drug-likeness (QED) is 0.473. The fourth-order valence-corrected chi connectivity index (χ4v) is 3.00. The summed E-state index contributed by atoms with van der Waals surface area (Å²) in [5.74, 6) is 0. The van der Waals surface area contributed by atoms with Gasteiger partial charge < -0.3 is 14.4 Å². The van der Waals surface area contributed by atoms with Gasteiger partial charge in [-0.3, -0.25) is 19.7 Å². The van der Waals surface area contributed by atoms with Gasteiger partial charge in [-0.2, -0.15) is 0 Å². The third-order valence-corrected chi connectivity index (χ3v) is 4.21. The lowest BCUT2D eigenvalue weighted by atomic mass is 10.1. The van der Waals surface area contributed by atoms with Gasteiger partial charge in [0.15, 0.2) is 0 Å². The zero-order valence-electron chi connectivity index (χ0n) is 12.6. The van der Waals surface area contributed by atoms with Crippen LogP contribution in [0.25, 0.3) is 10.9 Å². The van der Waals surface area contributed by atoms with Crippen LogP contribution in [0.15, 0.2) is 29.1 Å². The first-order valence-corrected chi connectivity index (χ1v) is 7.25. The molecule has 0 atom stereocenters. The molecule has 23 heavy (non-hydrogen) atoms. The van der Waals surface area contributed by atoms with E-state index in [9.17, 15) is 19.7 Å². The largest absolute Gasteiger partial charge is 0.362 e. The number of fused-ring (bicyclic) bond motifs is 1. The molecule has 1 aliphatic rings. The van der Waals surface area contributed by atoms with Crippen molar-refractivity contribution >= 4 is 28.7 Å². The summed E-state index contributed by atoms with van der Waals surface area (Å²) in [6.07, 6.45) is 0.772. The summed E-state index contributed by atoms with van der Waals surface area (Å²) in [4.78, 5) is 37.6. The molecule has 1 amide bonds. The number of anilines is 1. The Morgan fingerprint density at radius 2 is 1.83 bits per heavy atom. The number of nitro groups is 1. The van der Waals surface area contributed by atoms with E-state index in [0.29, 0.717) is 42.8 Å². The maximum Gasteiger partial charge on any atom is 0.357 e. The molecule has 8 nitrogen and oxygen atoms in total. The van der Waals surface area contributed by atoms with Crippen LogP contribution in [0.5, 0.6) is 0 Å². The number of aromatic nitrogens is 1. The van der Waals surface area contributed by atoms with Gasteiger partial charge in [-0.1, -0.05) is 18.2 Å². The summed E-state index contributed by atoms with van der Waals surface area (Å²) in [6, 6.07) is 7.14. The number of benzene rings is 1. The second-order valence-corrected chi connectivity index (χ2v) is 5.46. The van der Waals surface area contributed by atoms with E-state index in [2.05, 4.69) is 0 Å². The van der Waals surface area contributed by atoms with Crippen LogP contribution in [0.2, 0.25) is 0 Å². The minimum atomic E-state index is -0.624. The number of aryl methyl sites for hydroxylation is 1. The van der Waals surface area contributed by atoms with Crippen LogP contribution in [0.3, 0.4) is 0 Å². The standard InChI is InChI=1S/C15H16N4O4/c1-16-12-5-3-2-4-11(12)13(14(15(16)21)19(22)23)18-8-6-17(10-20)7-9-18/h2-5,10H,6-9H2,1H3. The Bertz CT molecular complexity index is 837. The molecule has 3 rings (SSSR count). The van der Waals surface area contributed by atoms with E-state index < -0.39 is 16.2 Å². The molecular weight excluding hydrogens is 300 g/mol. The first kappa shape index (κ1) is 15.0. The molecule has 120 valence electrons. The van der Waals surface area contributed by atoms with E-state index in [4.69, 9.17) is 0 Å². The monoisotopic (exact) mass is 316 g/mol. The van der Waals surface area contributed by atoms with Crippen LogP contribution in [0.4, 0.5) is 11.4 Å². The highest BCUT2D eigenvalue weighted by molar-refractivity contribution is 5.96. The van der Waals surface area contributed by atoms with E-state index in [1.54, 1.807) is 29.2 Å². The first-order chi connectivity index (χ1) is 11.0. The summed E-state index contributed by atoms with van der Waals surface area (Å²) in [5.41, 5.74) is -0.0394. The van der Waals surface area contributed by atoms with Gasteiger partial charge in [-0.05, 0) is 6.07 Å². The normalized spacial score (nSPS) is 15.0. The van der Waals surface area contributed by atoms with Crippen molar-refractivity contribution in [2.45, 2.75) is 0 Å². The van der Waals surface area contributed by atoms with Gasteiger partial charge >= 0.3 is 11.2 Å². The van der Waals surface area contributed by atoms with E-state index in [1.165, 1.54) is 11.6 Å². The lowest BCUT2D eigenvalue weighted by Gasteiger charge is -2.34. The molecule has 1 aromatic carbocycles. The van der Waals surface area contributed by atoms with E-state index in [-0.39, 0.29) is 0 Å². The maximum atomic E-state index is 12.4. The molecule has 0 saturated carbocycles. The van der Waals surface area contributed by atoms with Crippen molar-refractivity contribution in [3.63, 3.8) is 0 Å². The fourth-order valence-electron chi connectivity index (χ4n) is 3.00. The van der Waals surface area contributed by atoms with Gasteiger partial charge in [-0.15, -0.1) is 0 Å². The molecule has 0 unspecified atom stereocenters. The number of nitrogens with zero attached hydrogens (tertiary/aromatic N) is 4. The van der Waals surface area contributed by atoms with Crippen molar-refractivity contribution in [2.75, 3.05) is 31.1 Å². The maximum absolute atomic E-state index is 12.4. The summed E-state index contributed by atoms with van der Waals surface area (Å²) >= 11 is 0. The van der Waals surface area contributed by atoms with Gasteiger partial charge in [-0.25, -0.2) is 0 Å². The molecule has 2 aromatic rings. The van der Waals surface area contributed by atoms with Gasteiger partial charge in [0.05, 0.1) is 10.4 Å². The van der Waals surface area contributed by atoms with Crippen molar-refractivity contribution in [1.29, 1.82) is 0 Å². The number of para-hydroxylation sites is 1. The highest BCUT2D eigenvalue weighted by Gasteiger charge is 2.30. The van der Waals surface area contributed by atoms with E-state index >= 15 is 0 Å². The van der Waals surface area contributed by atoms with E-state index in [0.717, 1.165) is 6.41 Å². The topological polar surface area (TPSA) is 88.7 Å². The Balaban J connectivity index is 2.24. The van der Waals surface area contributed by atoms with Crippen LogP contribution in [0, 0.1) is 10.1 Å². The van der Waals surface area contributed by atoms with Gasteiger partial charge in [0, 0.05) is 38.6 Å². The molecule has 0 N–H and O–H groups in total. The number of hydrogen-bond donors (Lipinski definition) is 0. The molecule has 1 saturated heterocycles. The van der Waals surface area contributed by atoms with E-state index in [1.807, 2.05) is 4.90 Å².